The molecule has 0 fully saturated rings. The standard InChI is InChI=1S/C19H24FN3O/c1-14-3-6-16-12-23(11-15-4-7-17(20)8-5-15)10-9-18(13-24)22(2)19(16)21-14/h3-8,18,24H,9-13H2,1-2H3/t18-/m0/s1. The van der Waals surface area contributed by atoms with Crippen molar-refractivity contribution in [3.8, 4) is 0 Å². The van der Waals surface area contributed by atoms with Crippen LogP contribution in [-0.2, 0) is 13.1 Å². The Balaban J connectivity index is 1.86. The number of aromatic nitrogens is 1. The van der Waals surface area contributed by atoms with Crippen LogP contribution in [0, 0.1) is 12.7 Å². The quantitative estimate of drug-likeness (QED) is 0.940. The Morgan fingerprint density at radius 3 is 2.67 bits per heavy atom. The maximum absolute atomic E-state index is 13.1. The Kier molecular flexibility index (Phi) is 5.11. The summed E-state index contributed by atoms with van der Waals surface area (Å²) in [5, 5.41) is 9.75. The zero-order valence-electron chi connectivity index (χ0n) is 14.2. The number of hydrogen-bond acceptors (Lipinski definition) is 4. The van der Waals surface area contributed by atoms with E-state index in [0.29, 0.717) is 0 Å². The fourth-order valence-corrected chi connectivity index (χ4v) is 3.22. The first-order chi connectivity index (χ1) is 11.6. The molecule has 1 aliphatic rings. The molecule has 2 heterocycles. The molecule has 4 nitrogen and oxygen atoms in total. The fourth-order valence-electron chi connectivity index (χ4n) is 3.22. The van der Waals surface area contributed by atoms with Gasteiger partial charge in [0.05, 0.1) is 12.6 Å². The van der Waals surface area contributed by atoms with Crippen molar-refractivity contribution in [2.45, 2.75) is 32.5 Å². The first kappa shape index (κ1) is 16.9. The van der Waals surface area contributed by atoms with Crippen molar-refractivity contribution in [3.63, 3.8) is 0 Å². The Hall–Kier alpha value is -1.98. The van der Waals surface area contributed by atoms with Gasteiger partial charge < -0.3 is 10.0 Å². The molecule has 0 saturated carbocycles. The molecule has 0 amide bonds. The SMILES string of the molecule is Cc1ccc2c(n1)N(C)[C@H](CO)CCN(Cc1ccc(F)cc1)C2. The van der Waals surface area contributed by atoms with Gasteiger partial charge in [-0.2, -0.15) is 0 Å². The molecule has 1 aromatic heterocycles. The van der Waals surface area contributed by atoms with E-state index in [4.69, 9.17) is 0 Å². The van der Waals surface area contributed by atoms with Crippen LogP contribution in [0.2, 0.25) is 0 Å². The molecule has 24 heavy (non-hydrogen) atoms. The lowest BCUT2D eigenvalue weighted by Gasteiger charge is -2.35. The lowest BCUT2D eigenvalue weighted by Crippen LogP contribution is -2.41. The van der Waals surface area contributed by atoms with Crippen LogP contribution in [0.1, 0.15) is 23.2 Å². The summed E-state index contributed by atoms with van der Waals surface area (Å²) >= 11 is 0. The minimum absolute atomic E-state index is 0.0501. The molecule has 1 atom stereocenters. The highest BCUT2D eigenvalue weighted by Gasteiger charge is 2.24. The van der Waals surface area contributed by atoms with Gasteiger partial charge in [-0.15, -0.1) is 0 Å². The van der Waals surface area contributed by atoms with E-state index in [2.05, 4.69) is 20.9 Å². The number of fused-ring (bicyclic) bond motifs is 1. The molecule has 0 radical (unpaired) electrons. The topological polar surface area (TPSA) is 39.6 Å². The van der Waals surface area contributed by atoms with E-state index >= 15 is 0 Å². The van der Waals surface area contributed by atoms with Crippen LogP contribution in [0.5, 0.6) is 0 Å². The predicted molar refractivity (Wildman–Crippen MR) is 93.4 cm³/mol. The van der Waals surface area contributed by atoms with Crippen molar-refractivity contribution >= 4 is 5.82 Å². The molecule has 0 unspecified atom stereocenters. The number of aliphatic hydroxyl groups is 1. The predicted octanol–water partition coefficient (Wildman–Crippen LogP) is 2.73. The van der Waals surface area contributed by atoms with Crippen LogP contribution < -0.4 is 4.90 Å². The molecule has 1 aromatic carbocycles. The van der Waals surface area contributed by atoms with Crippen molar-refractivity contribution in [3.05, 3.63) is 59.0 Å². The second kappa shape index (κ2) is 7.28. The number of aliphatic hydroxyl groups excluding tert-OH is 1. The summed E-state index contributed by atoms with van der Waals surface area (Å²) in [7, 11) is 2.00. The maximum atomic E-state index is 13.1. The first-order valence-corrected chi connectivity index (χ1v) is 8.34. The monoisotopic (exact) mass is 329 g/mol. The van der Waals surface area contributed by atoms with Crippen LogP contribution in [0.15, 0.2) is 36.4 Å². The zero-order valence-corrected chi connectivity index (χ0v) is 14.2. The Morgan fingerprint density at radius 1 is 1.21 bits per heavy atom. The molecule has 0 aliphatic carbocycles. The van der Waals surface area contributed by atoms with Crippen LogP contribution in [0.25, 0.3) is 0 Å². The first-order valence-electron chi connectivity index (χ1n) is 8.34. The van der Waals surface area contributed by atoms with Gasteiger partial charge in [-0.05, 0) is 37.1 Å². The van der Waals surface area contributed by atoms with Crippen LogP contribution in [0.4, 0.5) is 10.2 Å². The van der Waals surface area contributed by atoms with Gasteiger partial charge in [-0.1, -0.05) is 18.2 Å². The number of benzene rings is 1. The van der Waals surface area contributed by atoms with Gasteiger partial charge in [-0.25, -0.2) is 9.37 Å². The summed E-state index contributed by atoms with van der Waals surface area (Å²) in [6.45, 7) is 4.52. The average molecular weight is 329 g/mol. The maximum Gasteiger partial charge on any atom is 0.133 e. The highest BCUT2D eigenvalue weighted by atomic mass is 19.1. The highest BCUT2D eigenvalue weighted by molar-refractivity contribution is 5.48. The van der Waals surface area contributed by atoms with Crippen molar-refractivity contribution < 1.29 is 9.50 Å². The van der Waals surface area contributed by atoms with Gasteiger partial charge in [0, 0.05) is 37.9 Å². The summed E-state index contributed by atoms with van der Waals surface area (Å²) in [6, 6.07) is 10.9. The molecule has 2 aromatic rings. The molecule has 0 saturated heterocycles. The molecule has 5 heteroatoms. The minimum atomic E-state index is -0.210. The fraction of sp³-hybridized carbons (Fsp3) is 0.421. The normalized spacial score (nSPS) is 18.8. The summed E-state index contributed by atoms with van der Waals surface area (Å²) in [6.07, 6.45) is 0.864. The second-order valence-electron chi connectivity index (χ2n) is 6.51. The van der Waals surface area contributed by atoms with Gasteiger partial charge in [0.25, 0.3) is 0 Å². The van der Waals surface area contributed by atoms with Crippen molar-refractivity contribution in [2.75, 3.05) is 25.1 Å². The number of likely N-dealkylation sites (N-methyl/N-ethyl adjacent to an activating group) is 1. The van der Waals surface area contributed by atoms with E-state index < -0.39 is 0 Å². The van der Waals surface area contributed by atoms with E-state index in [1.165, 1.54) is 12.1 Å². The molecular formula is C19H24FN3O. The van der Waals surface area contributed by atoms with Gasteiger partial charge in [0.1, 0.15) is 11.6 Å². The lowest BCUT2D eigenvalue weighted by molar-refractivity contribution is 0.205. The molecule has 128 valence electrons. The summed E-state index contributed by atoms with van der Waals surface area (Å²) < 4.78 is 13.1. The van der Waals surface area contributed by atoms with E-state index in [1.807, 2.05) is 32.2 Å². The van der Waals surface area contributed by atoms with Gasteiger partial charge in [0.15, 0.2) is 0 Å². The molecule has 3 rings (SSSR count). The summed E-state index contributed by atoms with van der Waals surface area (Å²) in [5.74, 6) is 0.733. The lowest BCUT2D eigenvalue weighted by atomic mass is 10.1. The van der Waals surface area contributed by atoms with Crippen molar-refractivity contribution in [1.29, 1.82) is 0 Å². The smallest absolute Gasteiger partial charge is 0.133 e. The number of pyridine rings is 1. The molecule has 0 spiro atoms. The van der Waals surface area contributed by atoms with Crippen molar-refractivity contribution in [2.24, 2.45) is 0 Å². The molecule has 1 N–H and O–H groups in total. The number of anilines is 1. The third-order valence-corrected chi connectivity index (χ3v) is 4.68. The second-order valence-corrected chi connectivity index (χ2v) is 6.51. The van der Waals surface area contributed by atoms with Gasteiger partial charge >= 0.3 is 0 Å². The van der Waals surface area contributed by atoms with Crippen LogP contribution in [0.3, 0.4) is 0 Å². The summed E-state index contributed by atoms with van der Waals surface area (Å²) in [5.41, 5.74) is 3.22. The Labute approximate surface area is 142 Å². The third kappa shape index (κ3) is 3.74. The number of rotatable bonds is 3. The van der Waals surface area contributed by atoms with E-state index in [0.717, 1.165) is 48.7 Å². The number of hydrogen-bond donors (Lipinski definition) is 1. The Bertz CT molecular complexity index is 690. The van der Waals surface area contributed by atoms with Crippen LogP contribution >= 0.6 is 0 Å². The minimum Gasteiger partial charge on any atom is -0.394 e. The number of nitrogens with zero attached hydrogens (tertiary/aromatic N) is 3. The molecule has 1 aliphatic heterocycles. The number of aryl methyl sites for hydroxylation is 1. The molecule has 0 bridgehead atoms. The average Bonchev–Trinajstić information content (AvgIpc) is 2.57. The zero-order chi connectivity index (χ0) is 17.1. The van der Waals surface area contributed by atoms with E-state index in [-0.39, 0.29) is 18.5 Å². The summed E-state index contributed by atoms with van der Waals surface area (Å²) in [4.78, 5) is 9.11. The van der Waals surface area contributed by atoms with Gasteiger partial charge in [-0.3, -0.25) is 4.90 Å². The highest BCUT2D eigenvalue weighted by Crippen LogP contribution is 2.25. The Morgan fingerprint density at radius 2 is 1.96 bits per heavy atom. The van der Waals surface area contributed by atoms with Crippen molar-refractivity contribution in [1.82, 2.24) is 9.88 Å². The van der Waals surface area contributed by atoms with E-state index in [1.54, 1.807) is 0 Å². The number of halogens is 1. The molecular weight excluding hydrogens is 305 g/mol. The van der Waals surface area contributed by atoms with Crippen LogP contribution in [-0.4, -0.2) is 41.2 Å². The third-order valence-electron chi connectivity index (χ3n) is 4.68. The largest absolute Gasteiger partial charge is 0.394 e. The van der Waals surface area contributed by atoms with Gasteiger partial charge in [0.2, 0.25) is 0 Å². The van der Waals surface area contributed by atoms with E-state index in [9.17, 15) is 9.50 Å².